The second-order valence-corrected chi connectivity index (χ2v) is 8.09. The number of hydrogen-bond acceptors (Lipinski definition) is 7. The number of nitrogens with one attached hydrogen (secondary N) is 2. The fourth-order valence-corrected chi connectivity index (χ4v) is 3.36. The molecular weight excluding hydrogens is 384 g/mol. The van der Waals surface area contributed by atoms with Crippen LogP contribution in [-0.2, 0) is 19.6 Å². The number of rotatable bonds is 7. The van der Waals surface area contributed by atoms with Gasteiger partial charge in [-0.25, -0.2) is 22.9 Å². The third kappa shape index (κ3) is 5.83. The maximum Gasteiger partial charge on any atom is 0.359 e. The molecular formula is C18H22N4O5S. The molecule has 0 fully saturated rings. The molecule has 2 rings (SSSR count). The van der Waals surface area contributed by atoms with E-state index in [9.17, 15) is 18.0 Å². The summed E-state index contributed by atoms with van der Waals surface area (Å²) in [5, 5.41) is 2.56. The molecule has 1 amide bonds. The summed E-state index contributed by atoms with van der Waals surface area (Å²) in [4.78, 5) is 32.1. The topological polar surface area (TPSA) is 127 Å². The van der Waals surface area contributed by atoms with Crippen LogP contribution >= 0.6 is 0 Å². The molecule has 0 radical (unpaired) electrons. The molecule has 0 aliphatic carbocycles. The molecule has 0 saturated heterocycles. The van der Waals surface area contributed by atoms with Gasteiger partial charge in [-0.05, 0) is 52.0 Å². The zero-order valence-electron chi connectivity index (χ0n) is 16.0. The summed E-state index contributed by atoms with van der Waals surface area (Å²) < 4.78 is 31.7. The fraction of sp³-hybridized carbons (Fsp3) is 0.333. The van der Waals surface area contributed by atoms with Gasteiger partial charge in [0.25, 0.3) is 5.91 Å². The Morgan fingerprint density at radius 3 is 2.21 bits per heavy atom. The van der Waals surface area contributed by atoms with Crippen LogP contribution in [0.2, 0.25) is 0 Å². The van der Waals surface area contributed by atoms with Crippen molar-refractivity contribution in [3.05, 3.63) is 48.0 Å². The van der Waals surface area contributed by atoms with Gasteiger partial charge in [0.1, 0.15) is 0 Å². The molecule has 2 N–H and O–H groups in total. The Balaban J connectivity index is 1.98. The van der Waals surface area contributed by atoms with Crippen molar-refractivity contribution in [1.29, 1.82) is 0 Å². The molecule has 0 aliphatic rings. The third-order valence-electron chi connectivity index (χ3n) is 3.47. The van der Waals surface area contributed by atoms with Gasteiger partial charge >= 0.3 is 5.97 Å². The molecule has 2 aromatic rings. The van der Waals surface area contributed by atoms with E-state index < -0.39 is 28.0 Å². The standard InChI is InChI=1S/C18H22N4O5S/c1-11(2)22-28(25,26)15-7-5-14(6-8-15)21-17(23)13(4)27-18(24)16-10-19-12(3)9-20-16/h5-11,13,22H,1-4H3,(H,21,23)/t13-/m1/s1. The smallest absolute Gasteiger partial charge is 0.359 e. The lowest BCUT2D eigenvalue weighted by Crippen LogP contribution is -2.31. The van der Waals surface area contributed by atoms with Crippen molar-refractivity contribution >= 4 is 27.6 Å². The van der Waals surface area contributed by atoms with Gasteiger partial charge in [0.15, 0.2) is 11.8 Å². The van der Waals surface area contributed by atoms with Crippen LogP contribution in [0.1, 0.15) is 37.0 Å². The number of aryl methyl sites for hydroxylation is 1. The summed E-state index contributed by atoms with van der Waals surface area (Å²) in [6.07, 6.45) is 1.61. The number of amides is 1. The minimum absolute atomic E-state index is 0.00235. The SMILES string of the molecule is Cc1cnc(C(=O)O[C@H](C)C(=O)Nc2ccc(S(=O)(=O)NC(C)C)cc2)cn1. The van der Waals surface area contributed by atoms with Crippen molar-refractivity contribution < 1.29 is 22.7 Å². The number of benzene rings is 1. The van der Waals surface area contributed by atoms with Crippen LogP contribution in [-0.4, -0.2) is 42.4 Å². The van der Waals surface area contributed by atoms with Crippen LogP contribution in [0.4, 0.5) is 5.69 Å². The number of anilines is 1. The molecule has 1 aromatic heterocycles. The van der Waals surface area contributed by atoms with Gasteiger partial charge in [0.05, 0.1) is 16.8 Å². The summed E-state index contributed by atoms with van der Waals surface area (Å²) in [7, 11) is -3.62. The Labute approximate surface area is 163 Å². The Morgan fingerprint density at radius 2 is 1.68 bits per heavy atom. The molecule has 0 bridgehead atoms. The largest absolute Gasteiger partial charge is 0.448 e. The maximum absolute atomic E-state index is 12.2. The third-order valence-corrected chi connectivity index (χ3v) is 5.14. The van der Waals surface area contributed by atoms with E-state index in [1.54, 1.807) is 20.8 Å². The molecule has 0 saturated carbocycles. The molecule has 1 atom stereocenters. The predicted octanol–water partition coefficient (Wildman–Crippen LogP) is 1.66. The number of aromatic nitrogens is 2. The highest BCUT2D eigenvalue weighted by Gasteiger charge is 2.21. The van der Waals surface area contributed by atoms with Gasteiger partial charge in [-0.15, -0.1) is 0 Å². The lowest BCUT2D eigenvalue weighted by atomic mass is 10.3. The number of hydrogen-bond donors (Lipinski definition) is 2. The van der Waals surface area contributed by atoms with Gasteiger partial charge in [0, 0.05) is 17.9 Å². The first-order chi connectivity index (χ1) is 13.1. The van der Waals surface area contributed by atoms with E-state index >= 15 is 0 Å². The zero-order chi connectivity index (χ0) is 20.9. The van der Waals surface area contributed by atoms with Crippen LogP contribution < -0.4 is 10.0 Å². The van der Waals surface area contributed by atoms with Gasteiger partial charge < -0.3 is 10.1 Å². The van der Waals surface area contributed by atoms with Gasteiger partial charge in [-0.3, -0.25) is 9.78 Å². The molecule has 10 heteroatoms. The van der Waals surface area contributed by atoms with E-state index in [0.29, 0.717) is 11.4 Å². The van der Waals surface area contributed by atoms with Crippen LogP contribution in [0.5, 0.6) is 0 Å². The van der Waals surface area contributed by atoms with E-state index in [4.69, 9.17) is 4.74 Å². The average Bonchev–Trinajstić information content (AvgIpc) is 2.61. The Bertz CT molecular complexity index is 941. The van der Waals surface area contributed by atoms with Crippen molar-refractivity contribution in [2.75, 3.05) is 5.32 Å². The van der Waals surface area contributed by atoms with Gasteiger partial charge in [-0.1, -0.05) is 0 Å². The highest BCUT2D eigenvalue weighted by Crippen LogP contribution is 2.15. The van der Waals surface area contributed by atoms with E-state index in [2.05, 4.69) is 20.0 Å². The monoisotopic (exact) mass is 406 g/mol. The normalized spacial score (nSPS) is 12.5. The number of carbonyl (C=O) groups excluding carboxylic acids is 2. The summed E-state index contributed by atoms with van der Waals surface area (Å²) in [5.41, 5.74) is 1.01. The van der Waals surface area contributed by atoms with E-state index in [1.807, 2.05) is 0 Å². The Morgan fingerprint density at radius 1 is 1.04 bits per heavy atom. The summed E-state index contributed by atoms with van der Waals surface area (Å²) >= 11 is 0. The second-order valence-electron chi connectivity index (χ2n) is 6.38. The van der Waals surface area contributed by atoms with Crippen molar-refractivity contribution in [2.45, 2.75) is 44.7 Å². The first-order valence-electron chi connectivity index (χ1n) is 8.51. The molecule has 1 heterocycles. The quantitative estimate of drug-likeness (QED) is 0.669. The minimum atomic E-state index is -3.62. The molecule has 0 aliphatic heterocycles. The highest BCUT2D eigenvalue weighted by atomic mass is 32.2. The number of sulfonamides is 1. The maximum atomic E-state index is 12.2. The lowest BCUT2D eigenvalue weighted by Gasteiger charge is -2.14. The minimum Gasteiger partial charge on any atom is -0.448 e. The van der Waals surface area contributed by atoms with Crippen LogP contribution in [0.25, 0.3) is 0 Å². The van der Waals surface area contributed by atoms with E-state index in [0.717, 1.165) is 0 Å². The number of ether oxygens (including phenoxy) is 1. The summed E-state index contributed by atoms with van der Waals surface area (Å²) in [6, 6.07) is 5.41. The van der Waals surface area contributed by atoms with Crippen LogP contribution in [0, 0.1) is 6.92 Å². The summed E-state index contributed by atoms with van der Waals surface area (Å²) in [5.74, 6) is -1.33. The van der Waals surface area contributed by atoms with Crippen molar-refractivity contribution in [2.24, 2.45) is 0 Å². The van der Waals surface area contributed by atoms with Crippen LogP contribution in [0.15, 0.2) is 41.6 Å². The second kappa shape index (κ2) is 8.89. The molecule has 0 unspecified atom stereocenters. The molecule has 28 heavy (non-hydrogen) atoms. The molecule has 1 aromatic carbocycles. The average molecular weight is 406 g/mol. The van der Waals surface area contributed by atoms with Gasteiger partial charge in [-0.2, -0.15) is 0 Å². The lowest BCUT2D eigenvalue weighted by molar-refractivity contribution is -0.123. The van der Waals surface area contributed by atoms with E-state index in [1.165, 1.54) is 43.6 Å². The van der Waals surface area contributed by atoms with Gasteiger partial charge in [0.2, 0.25) is 10.0 Å². The first-order valence-corrected chi connectivity index (χ1v) is 9.99. The predicted molar refractivity (Wildman–Crippen MR) is 102 cm³/mol. The number of carbonyl (C=O) groups is 2. The highest BCUT2D eigenvalue weighted by molar-refractivity contribution is 7.89. The number of nitrogens with zero attached hydrogens (tertiary/aromatic N) is 2. The fourth-order valence-electron chi connectivity index (χ4n) is 2.11. The van der Waals surface area contributed by atoms with E-state index in [-0.39, 0.29) is 16.6 Å². The van der Waals surface area contributed by atoms with Crippen molar-refractivity contribution in [3.8, 4) is 0 Å². The zero-order valence-corrected chi connectivity index (χ0v) is 16.8. The van der Waals surface area contributed by atoms with Crippen molar-refractivity contribution in [3.63, 3.8) is 0 Å². The first kappa shape index (κ1) is 21.5. The van der Waals surface area contributed by atoms with Crippen LogP contribution in [0.3, 0.4) is 0 Å². The Kier molecular flexibility index (Phi) is 6.81. The number of esters is 1. The summed E-state index contributed by atoms with van der Waals surface area (Å²) in [6.45, 7) is 6.59. The Hall–Kier alpha value is -2.85. The van der Waals surface area contributed by atoms with Crippen molar-refractivity contribution in [1.82, 2.24) is 14.7 Å². The molecule has 150 valence electrons. The molecule has 0 spiro atoms. The molecule has 9 nitrogen and oxygen atoms in total.